The van der Waals surface area contributed by atoms with Crippen LogP contribution in [0.4, 0.5) is 5.69 Å². The Hall–Kier alpha value is -3.17. The lowest BCUT2D eigenvalue weighted by atomic mass is 9.87. The van der Waals surface area contributed by atoms with Crippen LogP contribution in [0.15, 0.2) is 82.6 Å². The van der Waals surface area contributed by atoms with Gasteiger partial charge in [-0.1, -0.05) is 45.0 Å². The van der Waals surface area contributed by atoms with Gasteiger partial charge in [0.2, 0.25) is 5.91 Å². The number of benzene rings is 3. The van der Waals surface area contributed by atoms with Gasteiger partial charge in [0.25, 0.3) is 10.0 Å². The van der Waals surface area contributed by atoms with E-state index in [0.29, 0.717) is 23.8 Å². The summed E-state index contributed by atoms with van der Waals surface area (Å²) in [6, 6.07) is 21.3. The summed E-state index contributed by atoms with van der Waals surface area (Å²) in [7, 11) is -4.05. The highest BCUT2D eigenvalue weighted by molar-refractivity contribution is 7.98. The second-order valence-corrected chi connectivity index (χ2v) is 12.3. The highest BCUT2D eigenvalue weighted by atomic mass is 32.2. The molecular weight excluding hydrogens is 520 g/mol. The predicted octanol–water partition coefficient (Wildman–Crippen LogP) is 5.50. The number of anilines is 1. The standard InChI is InChI=1S/C29H36N2O5S2/c1-6-35-27-10-8-7-9-26(27)31(38(33,34)25-17-15-24(37-5)16-18-25)21-28(32)30-19-20-36-23-13-11-22(12-14-23)29(2,3)4/h7-18H,6,19-21H2,1-5H3,(H,30,32). The van der Waals surface area contributed by atoms with E-state index in [2.05, 4.69) is 26.1 Å². The lowest BCUT2D eigenvalue weighted by Gasteiger charge is -2.26. The Kier molecular flexibility index (Phi) is 10.1. The van der Waals surface area contributed by atoms with Crippen LogP contribution in [-0.2, 0) is 20.2 Å². The summed E-state index contributed by atoms with van der Waals surface area (Å²) in [5, 5.41) is 2.77. The minimum atomic E-state index is -4.05. The van der Waals surface area contributed by atoms with Gasteiger partial charge in [0.1, 0.15) is 24.7 Å². The van der Waals surface area contributed by atoms with Gasteiger partial charge >= 0.3 is 0 Å². The summed E-state index contributed by atoms with van der Waals surface area (Å²) in [5.74, 6) is 0.636. The van der Waals surface area contributed by atoms with Gasteiger partial charge in [0, 0.05) is 4.90 Å². The molecule has 38 heavy (non-hydrogen) atoms. The molecule has 9 heteroatoms. The number of para-hydroxylation sites is 2. The average molecular weight is 557 g/mol. The Balaban J connectivity index is 1.72. The fourth-order valence-corrected chi connectivity index (χ4v) is 5.55. The molecule has 0 saturated carbocycles. The molecule has 0 aliphatic heterocycles. The van der Waals surface area contributed by atoms with Crippen molar-refractivity contribution in [3.8, 4) is 11.5 Å². The zero-order valence-corrected chi connectivity index (χ0v) is 24.2. The normalized spacial score (nSPS) is 11.6. The van der Waals surface area contributed by atoms with Crippen molar-refractivity contribution < 1.29 is 22.7 Å². The van der Waals surface area contributed by atoms with Crippen molar-refractivity contribution in [3.63, 3.8) is 0 Å². The first kappa shape index (κ1) is 29.4. The Labute approximate surface area is 230 Å². The molecule has 0 fully saturated rings. The molecule has 0 radical (unpaired) electrons. The Morgan fingerprint density at radius 1 is 0.947 bits per heavy atom. The van der Waals surface area contributed by atoms with E-state index in [1.54, 1.807) is 48.5 Å². The highest BCUT2D eigenvalue weighted by Crippen LogP contribution is 2.33. The topological polar surface area (TPSA) is 84.9 Å². The maximum Gasteiger partial charge on any atom is 0.264 e. The van der Waals surface area contributed by atoms with Gasteiger partial charge in [0.05, 0.1) is 23.7 Å². The minimum Gasteiger partial charge on any atom is -0.492 e. The molecule has 204 valence electrons. The number of amides is 1. The molecule has 1 N–H and O–H groups in total. The number of carbonyl (C=O) groups excluding carboxylic acids is 1. The number of ether oxygens (including phenoxy) is 2. The molecule has 0 saturated heterocycles. The zero-order chi connectivity index (χ0) is 27.8. The molecule has 0 atom stereocenters. The Morgan fingerprint density at radius 3 is 2.21 bits per heavy atom. The minimum absolute atomic E-state index is 0.0521. The summed E-state index contributed by atoms with van der Waals surface area (Å²) in [4.78, 5) is 14.0. The molecule has 3 rings (SSSR count). The first-order valence-corrected chi connectivity index (χ1v) is 15.1. The second-order valence-electron chi connectivity index (χ2n) is 9.56. The van der Waals surface area contributed by atoms with Crippen molar-refractivity contribution in [1.82, 2.24) is 5.32 Å². The van der Waals surface area contributed by atoms with Gasteiger partial charge in [-0.3, -0.25) is 9.10 Å². The number of thioether (sulfide) groups is 1. The molecule has 0 unspecified atom stereocenters. The van der Waals surface area contributed by atoms with Crippen LogP contribution < -0.4 is 19.1 Å². The number of sulfonamides is 1. The molecule has 0 spiro atoms. The van der Waals surface area contributed by atoms with Crippen LogP contribution in [-0.4, -0.2) is 46.9 Å². The summed E-state index contributed by atoms with van der Waals surface area (Å²) in [6.07, 6.45) is 1.92. The van der Waals surface area contributed by atoms with Crippen LogP contribution >= 0.6 is 11.8 Å². The van der Waals surface area contributed by atoms with Gasteiger partial charge in [-0.2, -0.15) is 0 Å². The van der Waals surface area contributed by atoms with E-state index < -0.39 is 22.5 Å². The van der Waals surface area contributed by atoms with Gasteiger partial charge < -0.3 is 14.8 Å². The first-order valence-electron chi connectivity index (χ1n) is 12.4. The van der Waals surface area contributed by atoms with E-state index in [1.165, 1.54) is 17.3 Å². The van der Waals surface area contributed by atoms with Crippen molar-refractivity contribution in [2.45, 2.75) is 42.9 Å². The van der Waals surface area contributed by atoms with E-state index in [1.807, 2.05) is 37.4 Å². The first-order chi connectivity index (χ1) is 18.1. The van der Waals surface area contributed by atoms with Crippen LogP contribution in [0, 0.1) is 0 Å². The molecular formula is C29H36N2O5S2. The monoisotopic (exact) mass is 556 g/mol. The third-order valence-corrected chi connectivity index (χ3v) is 8.30. The molecule has 0 aromatic heterocycles. The number of hydrogen-bond acceptors (Lipinski definition) is 6. The number of rotatable bonds is 12. The highest BCUT2D eigenvalue weighted by Gasteiger charge is 2.29. The number of nitrogens with one attached hydrogen (secondary N) is 1. The molecule has 0 bridgehead atoms. The van der Waals surface area contributed by atoms with E-state index >= 15 is 0 Å². The van der Waals surface area contributed by atoms with E-state index in [0.717, 1.165) is 9.20 Å². The van der Waals surface area contributed by atoms with E-state index in [9.17, 15) is 13.2 Å². The fraction of sp³-hybridized carbons (Fsp3) is 0.345. The number of nitrogens with zero attached hydrogens (tertiary/aromatic N) is 1. The Morgan fingerprint density at radius 2 is 1.61 bits per heavy atom. The van der Waals surface area contributed by atoms with E-state index in [4.69, 9.17) is 9.47 Å². The molecule has 7 nitrogen and oxygen atoms in total. The zero-order valence-electron chi connectivity index (χ0n) is 22.6. The smallest absolute Gasteiger partial charge is 0.264 e. The summed E-state index contributed by atoms with van der Waals surface area (Å²) in [6.45, 7) is 8.68. The second kappa shape index (κ2) is 13.1. The van der Waals surface area contributed by atoms with Crippen molar-refractivity contribution in [2.75, 3.05) is 36.9 Å². The van der Waals surface area contributed by atoms with Gasteiger partial charge in [-0.25, -0.2) is 8.42 Å². The average Bonchev–Trinajstić information content (AvgIpc) is 2.90. The van der Waals surface area contributed by atoms with E-state index in [-0.39, 0.29) is 23.5 Å². The maximum atomic E-state index is 13.7. The SMILES string of the molecule is CCOc1ccccc1N(CC(=O)NCCOc1ccc(C(C)(C)C)cc1)S(=O)(=O)c1ccc(SC)cc1. The van der Waals surface area contributed by atoms with Crippen molar-refractivity contribution >= 4 is 33.4 Å². The molecule has 1 amide bonds. The number of carbonyl (C=O) groups is 1. The summed E-state index contributed by atoms with van der Waals surface area (Å²) < 4.78 is 39.9. The molecule has 0 aliphatic rings. The van der Waals surface area contributed by atoms with Crippen molar-refractivity contribution in [1.29, 1.82) is 0 Å². The number of hydrogen-bond donors (Lipinski definition) is 1. The van der Waals surface area contributed by atoms with Crippen LogP contribution in [0.25, 0.3) is 0 Å². The van der Waals surface area contributed by atoms with Gasteiger partial charge in [0.15, 0.2) is 0 Å². The molecule has 3 aromatic rings. The van der Waals surface area contributed by atoms with Gasteiger partial charge in [-0.05, 0) is 72.7 Å². The van der Waals surface area contributed by atoms with Crippen LogP contribution in [0.5, 0.6) is 11.5 Å². The lowest BCUT2D eigenvalue weighted by molar-refractivity contribution is -0.119. The van der Waals surface area contributed by atoms with Gasteiger partial charge in [-0.15, -0.1) is 11.8 Å². The quantitative estimate of drug-likeness (QED) is 0.234. The van der Waals surface area contributed by atoms with Crippen LogP contribution in [0.1, 0.15) is 33.3 Å². The van der Waals surface area contributed by atoms with Crippen LogP contribution in [0.3, 0.4) is 0 Å². The summed E-state index contributed by atoms with van der Waals surface area (Å²) in [5.41, 5.74) is 1.56. The fourth-order valence-electron chi connectivity index (χ4n) is 3.71. The molecule has 0 aliphatic carbocycles. The predicted molar refractivity (Wildman–Crippen MR) is 154 cm³/mol. The third-order valence-electron chi connectivity index (χ3n) is 5.78. The molecule has 3 aromatic carbocycles. The molecule has 0 heterocycles. The van der Waals surface area contributed by atoms with Crippen molar-refractivity contribution in [2.24, 2.45) is 0 Å². The lowest BCUT2D eigenvalue weighted by Crippen LogP contribution is -2.42. The summed E-state index contributed by atoms with van der Waals surface area (Å²) >= 11 is 1.52. The largest absolute Gasteiger partial charge is 0.492 e. The maximum absolute atomic E-state index is 13.7. The van der Waals surface area contributed by atoms with Crippen LogP contribution in [0.2, 0.25) is 0 Å². The van der Waals surface area contributed by atoms with Crippen molar-refractivity contribution in [3.05, 3.63) is 78.4 Å². The Bertz CT molecular complexity index is 1300. The third kappa shape index (κ3) is 7.68.